The van der Waals surface area contributed by atoms with Crippen LogP contribution in [0.1, 0.15) is 17.3 Å². The third kappa shape index (κ3) is 3.67. The third-order valence-corrected chi connectivity index (χ3v) is 3.25. The van der Waals surface area contributed by atoms with Crippen molar-refractivity contribution in [2.75, 3.05) is 0 Å². The fourth-order valence-electron chi connectivity index (χ4n) is 2.10. The van der Waals surface area contributed by atoms with E-state index in [0.717, 1.165) is 5.56 Å². The van der Waals surface area contributed by atoms with E-state index in [1.807, 2.05) is 30.3 Å². The number of rotatable bonds is 7. The Kier molecular flexibility index (Phi) is 4.84. The fraction of sp³-hybridized carbons (Fsp3) is 0.286. The van der Waals surface area contributed by atoms with Crippen LogP contribution in [0.3, 0.4) is 0 Å². The summed E-state index contributed by atoms with van der Waals surface area (Å²) in [6.45, 7) is 0. The molecule has 1 heterocycles. The van der Waals surface area contributed by atoms with Gasteiger partial charge >= 0.3 is 11.9 Å². The average molecular weight is 304 g/mol. The van der Waals surface area contributed by atoms with Crippen molar-refractivity contribution in [2.45, 2.75) is 24.9 Å². The van der Waals surface area contributed by atoms with Crippen molar-refractivity contribution in [1.29, 1.82) is 0 Å². The monoisotopic (exact) mass is 304 g/mol. The van der Waals surface area contributed by atoms with Crippen molar-refractivity contribution in [3.8, 4) is 0 Å². The fourth-order valence-corrected chi connectivity index (χ4v) is 2.10. The second kappa shape index (κ2) is 6.81. The van der Waals surface area contributed by atoms with Crippen LogP contribution in [-0.4, -0.2) is 43.2 Å². The molecule has 0 unspecified atom stereocenters. The second-order valence-corrected chi connectivity index (χ2v) is 4.86. The van der Waals surface area contributed by atoms with Crippen molar-refractivity contribution in [3.05, 3.63) is 47.8 Å². The van der Waals surface area contributed by atoms with E-state index in [1.165, 1.54) is 10.9 Å². The number of carboxylic acids is 2. The van der Waals surface area contributed by atoms with E-state index in [0.29, 0.717) is 5.69 Å². The zero-order valence-corrected chi connectivity index (χ0v) is 11.7. The van der Waals surface area contributed by atoms with Crippen LogP contribution in [0.4, 0.5) is 0 Å². The number of hydrogen-bond acceptors (Lipinski definition) is 5. The molecule has 1 aromatic carbocycles. The van der Waals surface area contributed by atoms with E-state index in [9.17, 15) is 14.7 Å². The number of hydrogen-bond donors (Lipinski definition) is 3. The van der Waals surface area contributed by atoms with Crippen LogP contribution in [0, 0.1) is 0 Å². The van der Waals surface area contributed by atoms with Gasteiger partial charge in [0.25, 0.3) is 0 Å². The molecule has 8 heteroatoms. The summed E-state index contributed by atoms with van der Waals surface area (Å²) < 4.78 is 1.22. The molecule has 0 radical (unpaired) electrons. The van der Waals surface area contributed by atoms with Crippen LogP contribution in [0.25, 0.3) is 0 Å². The van der Waals surface area contributed by atoms with Crippen LogP contribution < -0.4 is 5.73 Å². The number of nitrogens with zero attached hydrogens (tertiary/aromatic N) is 3. The first-order valence-electron chi connectivity index (χ1n) is 6.63. The van der Waals surface area contributed by atoms with Gasteiger partial charge in [0, 0.05) is 12.8 Å². The van der Waals surface area contributed by atoms with Crippen molar-refractivity contribution in [1.82, 2.24) is 15.0 Å². The molecular formula is C14H16N4O4. The molecule has 1 aromatic heterocycles. The summed E-state index contributed by atoms with van der Waals surface area (Å²) >= 11 is 0. The van der Waals surface area contributed by atoms with E-state index in [2.05, 4.69) is 10.3 Å². The Balaban J connectivity index is 2.24. The van der Waals surface area contributed by atoms with Crippen LogP contribution >= 0.6 is 0 Å². The van der Waals surface area contributed by atoms with Crippen LogP contribution in [0.5, 0.6) is 0 Å². The molecule has 2 atom stereocenters. The maximum atomic E-state index is 11.5. The zero-order chi connectivity index (χ0) is 16.1. The van der Waals surface area contributed by atoms with Crippen LogP contribution in [0.15, 0.2) is 36.5 Å². The molecule has 8 nitrogen and oxygen atoms in total. The molecule has 0 aliphatic rings. The summed E-state index contributed by atoms with van der Waals surface area (Å²) in [5, 5.41) is 25.8. The number of carbonyl (C=O) groups is 2. The number of nitrogens with two attached hydrogens (primary N) is 1. The van der Waals surface area contributed by atoms with Gasteiger partial charge < -0.3 is 15.9 Å². The molecule has 0 aliphatic carbocycles. The first-order chi connectivity index (χ1) is 10.5. The van der Waals surface area contributed by atoms with Crippen molar-refractivity contribution in [3.63, 3.8) is 0 Å². The van der Waals surface area contributed by atoms with Gasteiger partial charge in [-0.25, -0.2) is 9.48 Å². The SMILES string of the molecule is N[C@@H](Cc1cnnn1[C@@H](Cc1ccccc1)C(=O)O)C(=O)O. The Morgan fingerprint density at radius 2 is 1.82 bits per heavy atom. The lowest BCUT2D eigenvalue weighted by molar-refractivity contribution is -0.141. The van der Waals surface area contributed by atoms with Gasteiger partial charge in [0.1, 0.15) is 6.04 Å². The Morgan fingerprint density at radius 1 is 1.14 bits per heavy atom. The van der Waals surface area contributed by atoms with Crippen LogP contribution in [-0.2, 0) is 22.4 Å². The lowest BCUT2D eigenvalue weighted by Crippen LogP contribution is -2.34. The second-order valence-electron chi connectivity index (χ2n) is 4.86. The van der Waals surface area contributed by atoms with E-state index in [1.54, 1.807) is 0 Å². The summed E-state index contributed by atoms with van der Waals surface area (Å²) in [6.07, 6.45) is 1.51. The van der Waals surface area contributed by atoms with Gasteiger partial charge in [0.15, 0.2) is 6.04 Å². The number of benzene rings is 1. The van der Waals surface area contributed by atoms with Gasteiger partial charge in [-0.1, -0.05) is 35.5 Å². The molecule has 0 bridgehead atoms. The lowest BCUT2D eigenvalue weighted by atomic mass is 10.1. The minimum atomic E-state index is -1.16. The predicted octanol–water partition coefficient (Wildman–Crippen LogP) is 0.101. The van der Waals surface area contributed by atoms with Gasteiger partial charge in [-0.15, -0.1) is 5.10 Å². The first kappa shape index (κ1) is 15.6. The summed E-state index contributed by atoms with van der Waals surface area (Å²) in [5.74, 6) is -2.23. The smallest absolute Gasteiger partial charge is 0.328 e. The minimum absolute atomic E-state index is 0.0408. The molecular weight excluding hydrogens is 288 g/mol. The molecule has 0 saturated carbocycles. The molecule has 0 fully saturated rings. The van der Waals surface area contributed by atoms with Gasteiger partial charge in [-0.2, -0.15) is 0 Å². The minimum Gasteiger partial charge on any atom is -0.480 e. The quantitative estimate of drug-likeness (QED) is 0.661. The number of aliphatic carboxylic acids is 2. The third-order valence-electron chi connectivity index (χ3n) is 3.25. The van der Waals surface area contributed by atoms with Gasteiger partial charge in [-0.05, 0) is 5.56 Å². The zero-order valence-electron chi connectivity index (χ0n) is 11.7. The van der Waals surface area contributed by atoms with Gasteiger partial charge in [0.05, 0.1) is 11.9 Å². The normalized spacial score (nSPS) is 13.5. The van der Waals surface area contributed by atoms with Crippen molar-refractivity contribution in [2.24, 2.45) is 5.73 Å². The van der Waals surface area contributed by atoms with Gasteiger partial charge in [-0.3, -0.25) is 4.79 Å². The van der Waals surface area contributed by atoms with E-state index in [4.69, 9.17) is 10.8 Å². The Morgan fingerprint density at radius 3 is 2.41 bits per heavy atom. The molecule has 0 saturated heterocycles. The van der Waals surface area contributed by atoms with E-state index < -0.39 is 24.0 Å². The number of aromatic nitrogens is 3. The molecule has 2 rings (SSSR count). The topological polar surface area (TPSA) is 131 Å². The molecule has 0 aliphatic heterocycles. The molecule has 2 aromatic rings. The predicted molar refractivity (Wildman–Crippen MR) is 76.2 cm³/mol. The van der Waals surface area contributed by atoms with E-state index in [-0.39, 0.29) is 12.8 Å². The summed E-state index contributed by atoms with van der Waals surface area (Å²) in [4.78, 5) is 22.4. The Hall–Kier alpha value is -2.74. The number of carboxylic acid groups (broad SMARTS) is 2. The highest BCUT2D eigenvalue weighted by molar-refractivity contribution is 5.74. The van der Waals surface area contributed by atoms with Crippen molar-refractivity contribution < 1.29 is 19.8 Å². The average Bonchev–Trinajstić information content (AvgIpc) is 2.93. The summed E-state index contributed by atoms with van der Waals surface area (Å²) in [7, 11) is 0. The molecule has 4 N–H and O–H groups in total. The largest absolute Gasteiger partial charge is 0.480 e. The lowest BCUT2D eigenvalue weighted by Gasteiger charge is -2.16. The summed E-state index contributed by atoms with van der Waals surface area (Å²) in [5.41, 5.74) is 6.70. The maximum absolute atomic E-state index is 11.5. The highest BCUT2D eigenvalue weighted by Crippen LogP contribution is 2.16. The molecule has 116 valence electrons. The molecule has 0 spiro atoms. The first-order valence-corrected chi connectivity index (χ1v) is 6.63. The maximum Gasteiger partial charge on any atom is 0.328 e. The van der Waals surface area contributed by atoms with Crippen LogP contribution in [0.2, 0.25) is 0 Å². The molecule has 22 heavy (non-hydrogen) atoms. The molecule has 0 amide bonds. The highest BCUT2D eigenvalue weighted by Gasteiger charge is 2.25. The van der Waals surface area contributed by atoms with E-state index >= 15 is 0 Å². The highest BCUT2D eigenvalue weighted by atomic mass is 16.4. The standard InChI is InChI=1S/C14H16N4O4/c15-11(13(19)20)7-10-8-16-17-18(10)12(14(21)22)6-9-4-2-1-3-5-9/h1-5,8,11-12H,6-7,15H2,(H,19,20)(H,21,22)/t11-,12-/m0/s1. The Labute approximate surface area is 126 Å². The Bertz CT molecular complexity index is 656. The summed E-state index contributed by atoms with van der Waals surface area (Å²) in [6, 6.07) is 6.99. The van der Waals surface area contributed by atoms with Crippen molar-refractivity contribution >= 4 is 11.9 Å². The van der Waals surface area contributed by atoms with Gasteiger partial charge in [0.2, 0.25) is 0 Å².